The highest BCUT2D eigenvalue weighted by molar-refractivity contribution is 5.95. The van der Waals surface area contributed by atoms with Gasteiger partial charge in [0.15, 0.2) is 17.7 Å². The quantitative estimate of drug-likeness (QED) is 0.0197. The first-order chi connectivity index (χ1) is 47.3. The molecule has 1 fully saturated rings. The minimum Gasteiger partial charge on any atom is -0.479 e. The number of amides is 1. The number of carboxylic acids is 1. The summed E-state index contributed by atoms with van der Waals surface area (Å²) in [5.74, 6) is -12.5. The Morgan fingerprint density at radius 2 is 1.37 bits per heavy atom. The van der Waals surface area contributed by atoms with Crippen molar-refractivity contribution in [2.45, 2.75) is 288 Å². The van der Waals surface area contributed by atoms with Crippen LogP contribution in [0.25, 0.3) is 0 Å². The summed E-state index contributed by atoms with van der Waals surface area (Å²) < 4.78 is 12.4. The van der Waals surface area contributed by atoms with Crippen LogP contribution < -0.4 is 5.32 Å². The Balaban J connectivity index is 2.47. The van der Waals surface area contributed by atoms with E-state index in [1.165, 1.54) is 39.0 Å². The van der Waals surface area contributed by atoms with Crippen LogP contribution in [0.15, 0.2) is 95.7 Å². The fourth-order valence-corrected chi connectivity index (χ4v) is 14.0. The van der Waals surface area contributed by atoms with Crippen molar-refractivity contribution >= 4 is 35.2 Å². The molecular formula is C81H133NO20. The molecule has 0 spiro atoms. The van der Waals surface area contributed by atoms with Gasteiger partial charge in [0.25, 0.3) is 0 Å². The Hall–Kier alpha value is -5.14. The molecule has 13 N–H and O–H groups in total. The van der Waals surface area contributed by atoms with Gasteiger partial charge in [-0.3, -0.25) is 24.0 Å². The maximum absolute atomic E-state index is 14.3. The van der Waals surface area contributed by atoms with E-state index in [1.54, 1.807) is 92.7 Å². The number of fused-ring (bicyclic) bond motifs is 2. The van der Waals surface area contributed by atoms with Gasteiger partial charge in [0, 0.05) is 59.7 Å². The van der Waals surface area contributed by atoms with Crippen molar-refractivity contribution in [1.29, 1.82) is 0 Å². The van der Waals surface area contributed by atoms with Crippen molar-refractivity contribution in [2.24, 2.45) is 81.8 Å². The topological polar surface area (TPSA) is 376 Å². The molecule has 1 amide bonds. The average Bonchev–Trinajstić information content (AvgIpc) is 0.853. The second-order valence-corrected chi connectivity index (χ2v) is 32.1. The Morgan fingerprint density at radius 3 is 1.94 bits per heavy atom. The van der Waals surface area contributed by atoms with Crippen molar-refractivity contribution in [3.05, 3.63) is 95.7 Å². The molecule has 2 rings (SSSR count). The minimum atomic E-state index is -2.43. The van der Waals surface area contributed by atoms with Gasteiger partial charge >= 0.3 is 11.9 Å². The highest BCUT2D eigenvalue weighted by Crippen LogP contribution is 2.38. The van der Waals surface area contributed by atoms with E-state index in [2.05, 4.69) is 12.2 Å². The molecule has 21 heteroatoms. The summed E-state index contributed by atoms with van der Waals surface area (Å²) in [4.78, 5) is 80.9. The van der Waals surface area contributed by atoms with Crippen molar-refractivity contribution in [2.75, 3.05) is 6.61 Å². The molecule has 2 heterocycles. The third-order valence-electron chi connectivity index (χ3n) is 21.1. The lowest BCUT2D eigenvalue weighted by Gasteiger charge is -2.38. The second-order valence-electron chi connectivity index (χ2n) is 32.1. The molecule has 582 valence electrons. The van der Waals surface area contributed by atoms with Gasteiger partial charge in [-0.1, -0.05) is 157 Å². The molecule has 0 radical (unpaired) electrons. The van der Waals surface area contributed by atoms with Crippen LogP contribution in [0.4, 0.5) is 0 Å². The molecule has 2 aliphatic rings. The van der Waals surface area contributed by atoms with Crippen LogP contribution in [0, 0.1) is 81.8 Å². The number of cyclic esters (lactones) is 1. The van der Waals surface area contributed by atoms with Crippen molar-refractivity contribution in [1.82, 2.24) is 5.32 Å². The summed E-state index contributed by atoms with van der Waals surface area (Å²) >= 11 is 0. The fraction of sp³-hybridized carbons (Fsp3) is 0.728. The predicted molar refractivity (Wildman–Crippen MR) is 396 cm³/mol. The van der Waals surface area contributed by atoms with E-state index in [0.717, 1.165) is 6.08 Å². The Labute approximate surface area is 609 Å². The van der Waals surface area contributed by atoms with Crippen LogP contribution in [-0.4, -0.2) is 188 Å². The number of hydrogen-bond donors (Lipinski definition) is 13. The van der Waals surface area contributed by atoms with Gasteiger partial charge in [0.1, 0.15) is 17.8 Å². The summed E-state index contributed by atoms with van der Waals surface area (Å²) in [5, 5.41) is 138. The average molecular weight is 1440 g/mol. The summed E-state index contributed by atoms with van der Waals surface area (Å²) in [6.45, 7) is 32.7. The standard InChI is InChI=1S/C81H133NO20/c1-45(2)36-59(40-61(86)34-35-80(16,17)75(95)56(14)69(89)46(3)4)76(96)81(18,19)43-52(10)71(91)48(6)30-32-64(87)54(12)77(97)82-68(57(15)84)73(93)55(13)66-33-31-49(7)70(90)50(8)39-51(9)72(92)53(11)65(88)42-62-37-47(5)38-67(101-62)58(44-83)28-26-24-22-20-21-23-25-27-29-60(85)41-63(79(100)102-66)74(94)78(98)99/h22-29,31,34-35,39,43,45-48,50,53-59,62-74,76,83-84,87-94,96H,20-21,30,32-33,36-38,40-42,44H2,1-19H3,(H,82,97)(H,98,99)/b24-22+,25-23+,28-26+,29-27+,35-34+,49-31+,51-39+,52-43+/t47-,48?,50?,53?,54?,55?,56?,57?,58?,59?,62-,63?,64?,65?,66?,67-,68?,69?,70?,71?,72?,73?,74?,76?/m0/s1. The van der Waals surface area contributed by atoms with Crippen molar-refractivity contribution in [3.8, 4) is 0 Å². The van der Waals surface area contributed by atoms with Crippen LogP contribution >= 0.6 is 0 Å². The molecule has 21 unspecified atom stereocenters. The normalized spacial score (nSPS) is 30.5. The number of hydrogen-bond acceptors (Lipinski definition) is 19. The number of nitrogens with one attached hydrogen (secondary N) is 1. The lowest BCUT2D eigenvalue weighted by atomic mass is 9.73. The SMILES string of the molecule is C/C1=C\CC(C(C)C(O)C(NC(=O)C(C)C(O)CCC(C)C(O)/C(C)=C/C(C)(C)C(O)C(CC(=O)/C=C/C(C)(C)C(=O)C(C)C(O)C(C)C)CC(C)C)C(C)O)OC(=O)C(C(O)C(=O)O)CC(=O)/C=C/C=C/CC/C=C/C=C/C(CO)[C@@H]2C[C@@H](C)C[C@@H](CC(O)C(C)C(O)/C(C)=C/C(C)C1O)O2. The van der Waals surface area contributed by atoms with Crippen molar-refractivity contribution < 1.29 is 99.5 Å². The highest BCUT2D eigenvalue weighted by Gasteiger charge is 2.43. The van der Waals surface area contributed by atoms with Gasteiger partial charge < -0.3 is 76.1 Å². The van der Waals surface area contributed by atoms with Crippen LogP contribution in [0.2, 0.25) is 0 Å². The van der Waals surface area contributed by atoms with Gasteiger partial charge in [0.05, 0.1) is 85.7 Å². The number of allylic oxidation sites excluding steroid dienone is 9. The van der Waals surface area contributed by atoms with Crippen LogP contribution in [0.5, 0.6) is 0 Å². The van der Waals surface area contributed by atoms with Gasteiger partial charge in [0.2, 0.25) is 5.91 Å². The second kappa shape index (κ2) is 44.1. The molecule has 1 saturated heterocycles. The van der Waals surface area contributed by atoms with E-state index in [-0.39, 0.29) is 86.2 Å². The molecule has 2 aliphatic heterocycles. The van der Waals surface area contributed by atoms with E-state index in [9.17, 15) is 90.0 Å². The number of carboxylic acid groups (broad SMARTS) is 1. The van der Waals surface area contributed by atoms with Crippen molar-refractivity contribution in [3.63, 3.8) is 0 Å². The van der Waals surface area contributed by atoms with E-state index < -0.39 is 161 Å². The van der Waals surface area contributed by atoms with Gasteiger partial charge in [-0.25, -0.2) is 4.79 Å². The number of esters is 1. The van der Waals surface area contributed by atoms with Gasteiger partial charge in [-0.15, -0.1) is 0 Å². The maximum Gasteiger partial charge on any atom is 0.333 e. The highest BCUT2D eigenvalue weighted by atomic mass is 16.5. The summed E-state index contributed by atoms with van der Waals surface area (Å²) in [7, 11) is 0. The first kappa shape index (κ1) is 92.9. The smallest absolute Gasteiger partial charge is 0.333 e. The van der Waals surface area contributed by atoms with Gasteiger partial charge in [-0.05, 0) is 151 Å². The molecule has 24 atom stereocenters. The first-order valence-corrected chi connectivity index (χ1v) is 37.1. The number of aliphatic hydroxyl groups excluding tert-OH is 11. The number of ether oxygens (including phenoxy) is 2. The maximum atomic E-state index is 14.3. The largest absolute Gasteiger partial charge is 0.479 e. The molecule has 0 aliphatic carbocycles. The van der Waals surface area contributed by atoms with E-state index in [0.29, 0.717) is 48.8 Å². The summed E-state index contributed by atoms with van der Waals surface area (Å²) in [6.07, 6.45) is 8.45. The number of carbonyl (C=O) groups is 6. The molecule has 102 heavy (non-hydrogen) atoms. The Bertz CT molecular complexity index is 2880. The zero-order valence-corrected chi connectivity index (χ0v) is 64.6. The molecule has 0 aromatic heterocycles. The fourth-order valence-electron chi connectivity index (χ4n) is 14.0. The lowest BCUT2D eigenvalue weighted by Crippen LogP contribution is -2.56. The number of aliphatic carboxylic acids is 1. The van der Waals surface area contributed by atoms with Crippen LogP contribution in [0.3, 0.4) is 0 Å². The predicted octanol–water partition coefficient (Wildman–Crippen LogP) is 9.15. The van der Waals surface area contributed by atoms with E-state index in [4.69, 9.17) is 9.47 Å². The molecule has 0 saturated carbocycles. The summed E-state index contributed by atoms with van der Waals surface area (Å²) in [5.41, 5.74) is -0.656. The van der Waals surface area contributed by atoms with Crippen LogP contribution in [-0.2, 0) is 38.2 Å². The first-order valence-electron chi connectivity index (χ1n) is 37.1. The third kappa shape index (κ3) is 30.0. The summed E-state index contributed by atoms with van der Waals surface area (Å²) in [6, 6.07) is -1.49. The number of aliphatic hydroxyl groups is 11. The molecule has 0 aromatic carbocycles. The van der Waals surface area contributed by atoms with E-state index >= 15 is 0 Å². The molecule has 2 bridgehead atoms. The number of Topliss-reactive ketones (excluding diaryl/α,β-unsaturated/α-hetero) is 1. The van der Waals surface area contributed by atoms with Gasteiger partial charge in [-0.2, -0.15) is 0 Å². The Kier molecular flexibility index (Phi) is 40.2. The third-order valence-corrected chi connectivity index (χ3v) is 21.1. The Morgan fingerprint density at radius 1 is 0.765 bits per heavy atom. The zero-order valence-electron chi connectivity index (χ0n) is 64.6. The monoisotopic (exact) mass is 1440 g/mol. The number of rotatable bonds is 28. The lowest BCUT2D eigenvalue weighted by molar-refractivity contribution is -0.171. The molecule has 21 nitrogen and oxygen atoms in total. The number of carbonyl (C=O) groups excluding carboxylic acids is 5. The van der Waals surface area contributed by atoms with Crippen LogP contribution in [0.1, 0.15) is 202 Å². The molecular weight excluding hydrogens is 1310 g/mol. The van der Waals surface area contributed by atoms with E-state index in [1.807, 2.05) is 65.8 Å². The molecule has 0 aromatic rings. The zero-order chi connectivity index (χ0) is 78.0. The minimum absolute atomic E-state index is 0.00613. The number of ketones is 3.